The van der Waals surface area contributed by atoms with E-state index in [0.717, 1.165) is 39.3 Å². The van der Waals surface area contributed by atoms with Crippen LogP contribution in [0.2, 0.25) is 0 Å². The fraction of sp³-hybridized carbons (Fsp3) is 0.478. The minimum Gasteiger partial charge on any atom is -0.380 e. The van der Waals surface area contributed by atoms with Crippen molar-refractivity contribution < 1.29 is 9.47 Å². The number of hydrogen-bond donors (Lipinski definition) is 0. The van der Waals surface area contributed by atoms with E-state index in [1.165, 1.54) is 26.7 Å². The van der Waals surface area contributed by atoms with Crippen molar-refractivity contribution in [1.29, 1.82) is 0 Å². The van der Waals surface area contributed by atoms with Gasteiger partial charge in [0.15, 0.2) is 0 Å². The van der Waals surface area contributed by atoms with Gasteiger partial charge in [-0.05, 0) is 47.2 Å². The van der Waals surface area contributed by atoms with E-state index in [2.05, 4.69) is 72.2 Å². The maximum Gasteiger partial charge on any atom is 0.0542 e. The fourth-order valence-electron chi connectivity index (χ4n) is 5.43. The van der Waals surface area contributed by atoms with Crippen LogP contribution in [0.5, 0.6) is 0 Å². The third-order valence-corrected chi connectivity index (χ3v) is 6.98. The number of fused-ring (bicyclic) bond motifs is 3. The Balaban J connectivity index is 1.73. The van der Waals surface area contributed by atoms with Gasteiger partial charge in [0.2, 0.25) is 0 Å². The summed E-state index contributed by atoms with van der Waals surface area (Å²) in [5, 5.41) is 0. The molecule has 0 unspecified atom stereocenters. The molecule has 2 fully saturated rings. The maximum absolute atomic E-state index is 5.63. The molecular formula is C23H25BrO2. The molecule has 5 rings (SSSR count). The largest absolute Gasteiger partial charge is 0.380 e. The third-order valence-electron chi connectivity index (χ3n) is 6.49. The number of benzene rings is 2. The monoisotopic (exact) mass is 412 g/mol. The smallest absolute Gasteiger partial charge is 0.0542 e. The molecule has 0 atom stereocenters. The van der Waals surface area contributed by atoms with Crippen LogP contribution >= 0.6 is 15.9 Å². The summed E-state index contributed by atoms with van der Waals surface area (Å²) >= 11 is 3.73. The molecule has 136 valence electrons. The summed E-state index contributed by atoms with van der Waals surface area (Å²) in [5.41, 5.74) is 6.31. The molecule has 3 aliphatic rings. The minimum atomic E-state index is 0.0345. The van der Waals surface area contributed by atoms with Crippen molar-refractivity contribution in [3.05, 3.63) is 58.1 Å². The van der Waals surface area contributed by atoms with Gasteiger partial charge in [-0.1, -0.05) is 60.1 Å². The molecule has 2 saturated heterocycles. The molecule has 0 N–H and O–H groups in total. The fourth-order valence-corrected chi connectivity index (χ4v) is 5.79. The van der Waals surface area contributed by atoms with Crippen molar-refractivity contribution in [2.45, 2.75) is 32.1 Å². The predicted molar refractivity (Wildman–Crippen MR) is 107 cm³/mol. The van der Waals surface area contributed by atoms with Crippen molar-refractivity contribution in [2.24, 2.45) is 10.8 Å². The molecule has 0 aromatic heterocycles. The number of hydrogen-bond acceptors (Lipinski definition) is 2. The number of ether oxygens (including phenoxy) is 2. The van der Waals surface area contributed by atoms with Gasteiger partial charge in [-0.25, -0.2) is 0 Å². The molecule has 0 amide bonds. The Bertz CT molecular complexity index is 842. The zero-order valence-corrected chi connectivity index (χ0v) is 17.1. The summed E-state index contributed by atoms with van der Waals surface area (Å²) in [5.74, 6) is 0. The Morgan fingerprint density at radius 3 is 1.96 bits per heavy atom. The topological polar surface area (TPSA) is 18.5 Å². The van der Waals surface area contributed by atoms with Gasteiger partial charge in [-0.3, -0.25) is 0 Å². The van der Waals surface area contributed by atoms with E-state index in [9.17, 15) is 0 Å². The van der Waals surface area contributed by atoms with Crippen LogP contribution in [0, 0.1) is 10.8 Å². The molecule has 0 radical (unpaired) electrons. The van der Waals surface area contributed by atoms with E-state index in [4.69, 9.17) is 9.47 Å². The van der Waals surface area contributed by atoms with Crippen LogP contribution in [-0.2, 0) is 14.9 Å². The predicted octanol–water partition coefficient (Wildman–Crippen LogP) is 5.57. The molecule has 3 heteroatoms. The quantitative estimate of drug-likeness (QED) is 0.653. The molecule has 2 nitrogen and oxygen atoms in total. The second-order valence-corrected chi connectivity index (χ2v) is 10.2. The SMILES string of the molecule is CC1(CC2(CC3(C)COC3)c3ccccc3-c3ccc(Br)cc32)COC1. The summed E-state index contributed by atoms with van der Waals surface area (Å²) in [6.07, 6.45) is 2.27. The Labute approximate surface area is 164 Å². The Kier molecular flexibility index (Phi) is 3.70. The number of halogens is 1. The standard InChI is InChI=1S/C23H25BrO2/c1-21(12-25-13-21)10-23(11-22(2)14-26-15-22)19-6-4-3-5-17(19)18-8-7-16(24)9-20(18)23/h3-9H,10-15H2,1-2H3. The zero-order valence-electron chi connectivity index (χ0n) is 15.5. The lowest BCUT2D eigenvalue weighted by Crippen LogP contribution is -2.50. The normalized spacial score (nSPS) is 23.5. The van der Waals surface area contributed by atoms with Crippen LogP contribution in [0.4, 0.5) is 0 Å². The van der Waals surface area contributed by atoms with Crippen molar-refractivity contribution in [3.8, 4) is 11.1 Å². The first-order valence-electron chi connectivity index (χ1n) is 9.49. The Morgan fingerprint density at radius 2 is 1.38 bits per heavy atom. The van der Waals surface area contributed by atoms with Gasteiger partial charge in [-0.15, -0.1) is 0 Å². The van der Waals surface area contributed by atoms with Crippen molar-refractivity contribution in [2.75, 3.05) is 26.4 Å². The molecular weight excluding hydrogens is 388 g/mol. The molecule has 0 spiro atoms. The maximum atomic E-state index is 5.63. The zero-order chi connectivity index (χ0) is 18.0. The summed E-state index contributed by atoms with van der Waals surface area (Å²) in [4.78, 5) is 0. The highest BCUT2D eigenvalue weighted by Gasteiger charge is 2.53. The van der Waals surface area contributed by atoms with Gasteiger partial charge in [0.25, 0.3) is 0 Å². The van der Waals surface area contributed by atoms with Crippen LogP contribution in [0.3, 0.4) is 0 Å². The molecule has 26 heavy (non-hydrogen) atoms. The van der Waals surface area contributed by atoms with Crippen LogP contribution in [0.15, 0.2) is 46.9 Å². The van der Waals surface area contributed by atoms with Gasteiger partial charge in [0.05, 0.1) is 26.4 Å². The number of rotatable bonds is 4. The lowest BCUT2D eigenvalue weighted by molar-refractivity contribution is -0.135. The minimum absolute atomic E-state index is 0.0345. The first kappa shape index (κ1) is 17.0. The lowest BCUT2D eigenvalue weighted by atomic mass is 9.59. The first-order valence-corrected chi connectivity index (χ1v) is 10.3. The van der Waals surface area contributed by atoms with Gasteiger partial charge in [0.1, 0.15) is 0 Å². The van der Waals surface area contributed by atoms with Gasteiger partial charge in [-0.2, -0.15) is 0 Å². The first-order chi connectivity index (χ1) is 12.4. The van der Waals surface area contributed by atoms with Gasteiger partial charge >= 0.3 is 0 Å². The average Bonchev–Trinajstić information content (AvgIpc) is 2.82. The van der Waals surface area contributed by atoms with Crippen molar-refractivity contribution >= 4 is 15.9 Å². The summed E-state index contributed by atoms with van der Waals surface area (Å²) in [6.45, 7) is 8.24. The molecule has 2 heterocycles. The van der Waals surface area contributed by atoms with Gasteiger partial charge < -0.3 is 9.47 Å². The molecule has 1 aliphatic carbocycles. The molecule has 2 aromatic rings. The van der Waals surface area contributed by atoms with Crippen LogP contribution in [0.25, 0.3) is 11.1 Å². The molecule has 2 aromatic carbocycles. The van der Waals surface area contributed by atoms with E-state index >= 15 is 0 Å². The van der Waals surface area contributed by atoms with Gasteiger partial charge in [0, 0.05) is 20.7 Å². The van der Waals surface area contributed by atoms with E-state index in [-0.39, 0.29) is 16.2 Å². The van der Waals surface area contributed by atoms with Crippen LogP contribution < -0.4 is 0 Å². The van der Waals surface area contributed by atoms with E-state index in [1.54, 1.807) is 0 Å². The highest BCUT2D eigenvalue weighted by Crippen LogP contribution is 2.59. The highest BCUT2D eigenvalue weighted by molar-refractivity contribution is 9.10. The van der Waals surface area contributed by atoms with E-state index < -0.39 is 0 Å². The Morgan fingerprint density at radius 1 is 0.808 bits per heavy atom. The molecule has 0 saturated carbocycles. The summed E-state index contributed by atoms with van der Waals surface area (Å²) in [7, 11) is 0. The average molecular weight is 413 g/mol. The van der Waals surface area contributed by atoms with E-state index in [1.807, 2.05) is 0 Å². The van der Waals surface area contributed by atoms with E-state index in [0.29, 0.717) is 0 Å². The summed E-state index contributed by atoms with van der Waals surface area (Å²) < 4.78 is 12.4. The van der Waals surface area contributed by atoms with Crippen LogP contribution in [-0.4, -0.2) is 26.4 Å². The van der Waals surface area contributed by atoms with Crippen LogP contribution in [0.1, 0.15) is 37.8 Å². The third kappa shape index (κ3) is 2.44. The van der Waals surface area contributed by atoms with Crippen molar-refractivity contribution in [1.82, 2.24) is 0 Å². The second kappa shape index (κ2) is 5.67. The molecule has 2 aliphatic heterocycles. The molecule has 0 bridgehead atoms. The second-order valence-electron chi connectivity index (χ2n) is 9.28. The summed E-state index contributed by atoms with van der Waals surface area (Å²) in [6, 6.07) is 15.9. The lowest BCUT2D eigenvalue weighted by Gasteiger charge is -2.50. The highest BCUT2D eigenvalue weighted by atomic mass is 79.9. The van der Waals surface area contributed by atoms with Crippen molar-refractivity contribution in [3.63, 3.8) is 0 Å². The Hall–Kier alpha value is -1.16.